The molecule has 15 heavy (non-hydrogen) atoms. The lowest BCUT2D eigenvalue weighted by molar-refractivity contribution is -0.117. The van der Waals surface area contributed by atoms with Gasteiger partial charge in [-0.15, -0.1) is 0 Å². The predicted molar refractivity (Wildman–Crippen MR) is 59.3 cm³/mol. The lowest BCUT2D eigenvalue weighted by atomic mass is 10.3. The van der Waals surface area contributed by atoms with Crippen LogP contribution < -0.4 is 5.32 Å². The highest BCUT2D eigenvalue weighted by Crippen LogP contribution is 2.08. The standard InChI is InChI=1S/C11H17N3O/c1-7(2)11(15)12-6-10-8(3)13-9(4)14(10)5/h1,6H2,2-5H3,(H,12,15). The van der Waals surface area contributed by atoms with Crippen LogP contribution in [0.25, 0.3) is 0 Å². The van der Waals surface area contributed by atoms with Crippen LogP contribution in [0, 0.1) is 13.8 Å². The van der Waals surface area contributed by atoms with Gasteiger partial charge in [0.25, 0.3) is 0 Å². The zero-order valence-electron chi connectivity index (χ0n) is 9.72. The van der Waals surface area contributed by atoms with Crippen molar-refractivity contribution < 1.29 is 4.79 Å². The Morgan fingerprint density at radius 2 is 2.13 bits per heavy atom. The molecular formula is C11H17N3O. The predicted octanol–water partition coefficient (Wildman–Crippen LogP) is 1.23. The van der Waals surface area contributed by atoms with Crippen LogP contribution in [0.3, 0.4) is 0 Å². The monoisotopic (exact) mass is 207 g/mol. The van der Waals surface area contributed by atoms with Gasteiger partial charge in [0.05, 0.1) is 17.9 Å². The van der Waals surface area contributed by atoms with Crippen LogP contribution in [0.2, 0.25) is 0 Å². The van der Waals surface area contributed by atoms with Gasteiger partial charge < -0.3 is 9.88 Å². The first-order chi connectivity index (χ1) is 6.93. The van der Waals surface area contributed by atoms with Crippen LogP contribution in [-0.4, -0.2) is 15.5 Å². The van der Waals surface area contributed by atoms with Gasteiger partial charge in [-0.05, 0) is 20.8 Å². The molecule has 4 nitrogen and oxygen atoms in total. The number of aryl methyl sites for hydroxylation is 2. The minimum atomic E-state index is -0.117. The highest BCUT2D eigenvalue weighted by Gasteiger charge is 2.09. The number of nitrogens with zero attached hydrogens (tertiary/aromatic N) is 2. The zero-order valence-corrected chi connectivity index (χ0v) is 9.72. The maximum atomic E-state index is 11.3. The molecule has 1 aromatic heterocycles. The first kappa shape index (κ1) is 11.5. The second-order valence-electron chi connectivity index (χ2n) is 3.71. The summed E-state index contributed by atoms with van der Waals surface area (Å²) in [5, 5.41) is 2.79. The molecule has 0 aliphatic heterocycles. The quantitative estimate of drug-likeness (QED) is 0.758. The van der Waals surface area contributed by atoms with Crippen LogP contribution >= 0.6 is 0 Å². The molecule has 0 aliphatic carbocycles. The highest BCUT2D eigenvalue weighted by atomic mass is 16.1. The minimum absolute atomic E-state index is 0.117. The fraction of sp³-hybridized carbons (Fsp3) is 0.455. The van der Waals surface area contributed by atoms with E-state index in [0.717, 1.165) is 17.2 Å². The molecule has 0 unspecified atom stereocenters. The number of carbonyl (C=O) groups excluding carboxylic acids is 1. The number of aromatic nitrogens is 2. The Morgan fingerprint density at radius 1 is 1.53 bits per heavy atom. The number of hydrogen-bond acceptors (Lipinski definition) is 2. The molecule has 1 rings (SSSR count). The number of amides is 1. The molecule has 0 aromatic carbocycles. The Kier molecular flexibility index (Phi) is 3.29. The van der Waals surface area contributed by atoms with Gasteiger partial charge in [-0.3, -0.25) is 4.79 Å². The average Bonchev–Trinajstić information content (AvgIpc) is 2.38. The summed E-state index contributed by atoms with van der Waals surface area (Å²) in [6, 6.07) is 0. The molecule has 0 saturated heterocycles. The van der Waals surface area contributed by atoms with Crippen LogP contribution in [0.15, 0.2) is 12.2 Å². The molecule has 0 fully saturated rings. The van der Waals surface area contributed by atoms with Crippen LogP contribution in [0.4, 0.5) is 0 Å². The third-order valence-electron chi connectivity index (χ3n) is 2.44. The van der Waals surface area contributed by atoms with Gasteiger partial charge in [-0.2, -0.15) is 0 Å². The number of rotatable bonds is 3. The molecule has 1 amide bonds. The first-order valence-electron chi connectivity index (χ1n) is 4.86. The first-order valence-corrected chi connectivity index (χ1v) is 4.86. The van der Waals surface area contributed by atoms with Crippen molar-refractivity contribution in [1.29, 1.82) is 0 Å². The normalized spacial score (nSPS) is 10.1. The maximum Gasteiger partial charge on any atom is 0.246 e. The Labute approximate surface area is 90.0 Å². The van der Waals surface area contributed by atoms with Crippen molar-refractivity contribution in [3.05, 3.63) is 29.4 Å². The van der Waals surface area contributed by atoms with Crippen molar-refractivity contribution in [2.45, 2.75) is 27.3 Å². The summed E-state index contributed by atoms with van der Waals surface area (Å²) < 4.78 is 1.98. The largest absolute Gasteiger partial charge is 0.347 e. The summed E-state index contributed by atoms with van der Waals surface area (Å²) >= 11 is 0. The molecule has 1 aromatic rings. The number of nitrogens with one attached hydrogen (secondary N) is 1. The van der Waals surface area contributed by atoms with E-state index in [0.29, 0.717) is 12.1 Å². The average molecular weight is 207 g/mol. The Bertz CT molecular complexity index is 404. The fourth-order valence-corrected chi connectivity index (χ4v) is 1.38. The lowest BCUT2D eigenvalue weighted by Gasteiger charge is -2.07. The Balaban J connectivity index is 2.73. The fourth-order valence-electron chi connectivity index (χ4n) is 1.38. The molecule has 0 spiro atoms. The molecule has 0 aliphatic rings. The van der Waals surface area contributed by atoms with Crippen molar-refractivity contribution in [3.63, 3.8) is 0 Å². The summed E-state index contributed by atoms with van der Waals surface area (Å²) in [5.74, 6) is 0.834. The van der Waals surface area contributed by atoms with E-state index in [9.17, 15) is 4.79 Å². The third-order valence-corrected chi connectivity index (χ3v) is 2.44. The summed E-state index contributed by atoms with van der Waals surface area (Å²) in [4.78, 5) is 15.6. The van der Waals surface area contributed by atoms with Gasteiger partial charge in [0, 0.05) is 12.6 Å². The highest BCUT2D eigenvalue weighted by molar-refractivity contribution is 5.91. The Morgan fingerprint density at radius 3 is 2.53 bits per heavy atom. The topological polar surface area (TPSA) is 46.9 Å². The second kappa shape index (κ2) is 4.29. The van der Waals surface area contributed by atoms with E-state index in [2.05, 4.69) is 16.9 Å². The van der Waals surface area contributed by atoms with E-state index in [1.807, 2.05) is 25.5 Å². The summed E-state index contributed by atoms with van der Waals surface area (Å²) in [6.07, 6.45) is 0. The molecule has 0 atom stereocenters. The SMILES string of the molecule is C=C(C)C(=O)NCc1c(C)nc(C)n1C. The van der Waals surface area contributed by atoms with Crippen molar-refractivity contribution in [3.8, 4) is 0 Å². The van der Waals surface area contributed by atoms with Crippen LogP contribution in [0.1, 0.15) is 24.1 Å². The minimum Gasteiger partial charge on any atom is -0.347 e. The van der Waals surface area contributed by atoms with Gasteiger partial charge in [0.1, 0.15) is 5.82 Å². The van der Waals surface area contributed by atoms with E-state index >= 15 is 0 Å². The van der Waals surface area contributed by atoms with E-state index < -0.39 is 0 Å². The van der Waals surface area contributed by atoms with Gasteiger partial charge in [0.15, 0.2) is 0 Å². The van der Waals surface area contributed by atoms with Crippen molar-refractivity contribution in [2.24, 2.45) is 7.05 Å². The van der Waals surface area contributed by atoms with Crippen LogP contribution in [-0.2, 0) is 18.4 Å². The zero-order chi connectivity index (χ0) is 11.6. The molecule has 1 heterocycles. The number of hydrogen-bond donors (Lipinski definition) is 1. The van der Waals surface area contributed by atoms with Crippen LogP contribution in [0.5, 0.6) is 0 Å². The number of carbonyl (C=O) groups is 1. The van der Waals surface area contributed by atoms with Gasteiger partial charge in [0.2, 0.25) is 5.91 Å². The van der Waals surface area contributed by atoms with E-state index in [1.165, 1.54) is 0 Å². The number of imidazole rings is 1. The van der Waals surface area contributed by atoms with Gasteiger partial charge in [-0.1, -0.05) is 6.58 Å². The molecule has 0 radical (unpaired) electrons. The molecule has 1 N–H and O–H groups in total. The van der Waals surface area contributed by atoms with Crippen molar-refractivity contribution in [2.75, 3.05) is 0 Å². The molecule has 4 heteroatoms. The Hall–Kier alpha value is -1.58. The second-order valence-corrected chi connectivity index (χ2v) is 3.71. The lowest BCUT2D eigenvalue weighted by Crippen LogP contribution is -2.24. The smallest absolute Gasteiger partial charge is 0.246 e. The summed E-state index contributed by atoms with van der Waals surface area (Å²) in [5.41, 5.74) is 2.51. The van der Waals surface area contributed by atoms with Crippen molar-refractivity contribution >= 4 is 5.91 Å². The van der Waals surface area contributed by atoms with Gasteiger partial charge in [-0.25, -0.2) is 4.98 Å². The molecule has 0 saturated carbocycles. The summed E-state index contributed by atoms with van der Waals surface area (Å²) in [6.45, 7) is 9.65. The molecule has 0 bridgehead atoms. The van der Waals surface area contributed by atoms with E-state index in [1.54, 1.807) is 6.92 Å². The third kappa shape index (κ3) is 2.46. The maximum absolute atomic E-state index is 11.3. The van der Waals surface area contributed by atoms with Gasteiger partial charge >= 0.3 is 0 Å². The molecular weight excluding hydrogens is 190 g/mol. The molecule has 82 valence electrons. The summed E-state index contributed by atoms with van der Waals surface area (Å²) in [7, 11) is 1.94. The van der Waals surface area contributed by atoms with E-state index in [-0.39, 0.29) is 5.91 Å². The van der Waals surface area contributed by atoms with E-state index in [4.69, 9.17) is 0 Å². The van der Waals surface area contributed by atoms with Crippen molar-refractivity contribution in [1.82, 2.24) is 14.9 Å².